The Balaban J connectivity index is 2.32. The van der Waals surface area contributed by atoms with E-state index in [1.807, 2.05) is 19.9 Å². The maximum absolute atomic E-state index is 13.5. The lowest BCUT2D eigenvalue weighted by atomic mass is 10.1. The van der Waals surface area contributed by atoms with Crippen LogP contribution in [0.15, 0.2) is 36.4 Å². The molecule has 0 aliphatic heterocycles. The number of benzene rings is 2. The van der Waals surface area contributed by atoms with Gasteiger partial charge in [-0.1, -0.05) is 18.2 Å². The maximum Gasteiger partial charge on any atom is 0.258 e. The van der Waals surface area contributed by atoms with Gasteiger partial charge in [0.25, 0.3) is 5.91 Å². The number of amides is 1. The average molecular weight is 258 g/mol. The molecule has 0 aliphatic rings. The normalized spacial score (nSPS) is 10.3. The van der Waals surface area contributed by atoms with Crippen LogP contribution in [0, 0.1) is 19.7 Å². The van der Waals surface area contributed by atoms with Crippen molar-refractivity contribution < 1.29 is 9.18 Å². The number of carbonyl (C=O) groups is 1. The minimum atomic E-state index is -0.552. The van der Waals surface area contributed by atoms with E-state index in [2.05, 4.69) is 5.32 Å². The van der Waals surface area contributed by atoms with Crippen LogP contribution in [-0.2, 0) is 0 Å². The number of nitrogens with one attached hydrogen (secondary N) is 1. The maximum atomic E-state index is 13.5. The van der Waals surface area contributed by atoms with Crippen LogP contribution in [0.3, 0.4) is 0 Å². The van der Waals surface area contributed by atoms with E-state index in [0.29, 0.717) is 11.4 Å². The number of nitrogen functional groups attached to an aromatic ring is 1. The van der Waals surface area contributed by atoms with Crippen molar-refractivity contribution in [3.63, 3.8) is 0 Å². The third kappa shape index (κ3) is 2.73. The molecule has 0 unspecified atom stereocenters. The first-order chi connectivity index (χ1) is 8.99. The van der Waals surface area contributed by atoms with E-state index >= 15 is 0 Å². The summed E-state index contributed by atoms with van der Waals surface area (Å²) >= 11 is 0. The molecule has 0 fully saturated rings. The molecule has 0 spiro atoms. The first kappa shape index (κ1) is 13.1. The van der Waals surface area contributed by atoms with Gasteiger partial charge in [0.15, 0.2) is 0 Å². The summed E-state index contributed by atoms with van der Waals surface area (Å²) in [4.78, 5) is 12.0. The summed E-state index contributed by atoms with van der Waals surface area (Å²) in [6.07, 6.45) is 0. The molecular formula is C15H15FN2O. The molecule has 4 heteroatoms. The van der Waals surface area contributed by atoms with Crippen molar-refractivity contribution in [2.45, 2.75) is 13.8 Å². The first-order valence-electron chi connectivity index (χ1n) is 5.91. The van der Waals surface area contributed by atoms with Gasteiger partial charge >= 0.3 is 0 Å². The second kappa shape index (κ2) is 5.10. The number of nitrogens with two attached hydrogens (primary N) is 1. The van der Waals surface area contributed by atoms with Crippen LogP contribution in [0.2, 0.25) is 0 Å². The van der Waals surface area contributed by atoms with E-state index in [4.69, 9.17) is 5.73 Å². The highest BCUT2D eigenvalue weighted by Gasteiger charge is 2.13. The lowest BCUT2D eigenvalue weighted by Gasteiger charge is -2.12. The molecule has 2 rings (SSSR count). The molecule has 3 N–H and O–H groups in total. The second-order valence-electron chi connectivity index (χ2n) is 4.48. The Morgan fingerprint density at radius 1 is 1.21 bits per heavy atom. The van der Waals surface area contributed by atoms with Crippen molar-refractivity contribution in [2.75, 3.05) is 11.1 Å². The molecule has 19 heavy (non-hydrogen) atoms. The summed E-state index contributed by atoms with van der Waals surface area (Å²) in [5.41, 5.74) is 8.74. The summed E-state index contributed by atoms with van der Waals surface area (Å²) in [6, 6.07) is 9.52. The number of hydrogen-bond donors (Lipinski definition) is 2. The molecule has 3 nitrogen and oxygen atoms in total. The minimum absolute atomic E-state index is 0.00174. The Labute approximate surface area is 111 Å². The van der Waals surface area contributed by atoms with E-state index in [0.717, 1.165) is 11.1 Å². The molecule has 2 aromatic carbocycles. The molecule has 0 atom stereocenters. The number of hydrogen-bond acceptors (Lipinski definition) is 2. The van der Waals surface area contributed by atoms with Gasteiger partial charge in [-0.25, -0.2) is 4.39 Å². The van der Waals surface area contributed by atoms with Crippen molar-refractivity contribution in [1.29, 1.82) is 0 Å². The summed E-state index contributed by atoms with van der Waals surface area (Å²) in [6.45, 7) is 3.77. The highest BCUT2D eigenvalue weighted by Crippen LogP contribution is 2.25. The van der Waals surface area contributed by atoms with Crippen molar-refractivity contribution >= 4 is 17.3 Å². The molecule has 1 amide bonds. The van der Waals surface area contributed by atoms with Crippen LogP contribution in [0.1, 0.15) is 21.5 Å². The fourth-order valence-electron chi connectivity index (χ4n) is 2.00. The summed E-state index contributed by atoms with van der Waals surface area (Å²) < 4.78 is 13.5. The van der Waals surface area contributed by atoms with Crippen molar-refractivity contribution in [2.24, 2.45) is 0 Å². The Kier molecular flexibility index (Phi) is 3.51. The summed E-state index contributed by atoms with van der Waals surface area (Å²) in [7, 11) is 0. The Hall–Kier alpha value is -2.36. The van der Waals surface area contributed by atoms with Gasteiger partial charge in [0, 0.05) is 0 Å². The predicted molar refractivity (Wildman–Crippen MR) is 74.7 cm³/mol. The molecular weight excluding hydrogens is 243 g/mol. The van der Waals surface area contributed by atoms with Gasteiger partial charge in [-0.15, -0.1) is 0 Å². The van der Waals surface area contributed by atoms with E-state index in [9.17, 15) is 9.18 Å². The first-order valence-corrected chi connectivity index (χ1v) is 5.91. The van der Waals surface area contributed by atoms with Gasteiger partial charge < -0.3 is 11.1 Å². The Morgan fingerprint density at radius 3 is 2.53 bits per heavy atom. The SMILES string of the molecule is Cc1cc(C)c(NC(=O)c2ccccc2F)c(N)c1. The fraction of sp³-hybridized carbons (Fsp3) is 0.133. The number of anilines is 2. The van der Waals surface area contributed by atoms with Gasteiger partial charge in [0.1, 0.15) is 5.82 Å². The fourth-order valence-corrected chi connectivity index (χ4v) is 2.00. The smallest absolute Gasteiger partial charge is 0.258 e. The molecule has 0 bridgehead atoms. The van der Waals surface area contributed by atoms with Crippen LogP contribution in [0.4, 0.5) is 15.8 Å². The van der Waals surface area contributed by atoms with E-state index in [1.165, 1.54) is 18.2 Å². The zero-order chi connectivity index (χ0) is 14.0. The summed E-state index contributed by atoms with van der Waals surface area (Å²) in [5.74, 6) is -1.06. The van der Waals surface area contributed by atoms with Crippen LogP contribution in [-0.4, -0.2) is 5.91 Å². The van der Waals surface area contributed by atoms with Gasteiger partial charge in [-0.2, -0.15) is 0 Å². The molecule has 98 valence electrons. The third-order valence-corrected chi connectivity index (χ3v) is 2.87. The standard InChI is InChI=1S/C15H15FN2O/c1-9-7-10(2)14(13(17)8-9)18-15(19)11-5-3-4-6-12(11)16/h3-8H,17H2,1-2H3,(H,18,19). The Bertz CT molecular complexity index is 615. The highest BCUT2D eigenvalue weighted by molar-refractivity contribution is 6.06. The monoisotopic (exact) mass is 258 g/mol. The molecule has 0 aromatic heterocycles. The van der Waals surface area contributed by atoms with Crippen LogP contribution < -0.4 is 11.1 Å². The van der Waals surface area contributed by atoms with Crippen molar-refractivity contribution in [3.8, 4) is 0 Å². The number of halogens is 1. The van der Waals surface area contributed by atoms with E-state index in [-0.39, 0.29) is 5.56 Å². The van der Waals surface area contributed by atoms with Crippen molar-refractivity contribution in [1.82, 2.24) is 0 Å². The Morgan fingerprint density at radius 2 is 1.89 bits per heavy atom. The number of carbonyl (C=O) groups excluding carboxylic acids is 1. The van der Waals surface area contributed by atoms with E-state index < -0.39 is 11.7 Å². The second-order valence-corrected chi connectivity index (χ2v) is 4.48. The lowest BCUT2D eigenvalue weighted by Crippen LogP contribution is -2.15. The van der Waals surface area contributed by atoms with Gasteiger partial charge in [-0.05, 0) is 43.2 Å². The van der Waals surface area contributed by atoms with Crippen molar-refractivity contribution in [3.05, 3.63) is 58.9 Å². The van der Waals surface area contributed by atoms with Crippen LogP contribution in [0.5, 0.6) is 0 Å². The average Bonchev–Trinajstić information content (AvgIpc) is 2.34. The summed E-state index contributed by atoms with van der Waals surface area (Å²) in [5, 5.41) is 2.66. The van der Waals surface area contributed by atoms with Crippen LogP contribution in [0.25, 0.3) is 0 Å². The number of rotatable bonds is 2. The third-order valence-electron chi connectivity index (χ3n) is 2.87. The molecule has 0 aliphatic carbocycles. The van der Waals surface area contributed by atoms with Crippen LogP contribution >= 0.6 is 0 Å². The zero-order valence-corrected chi connectivity index (χ0v) is 10.8. The van der Waals surface area contributed by atoms with Gasteiger partial charge in [-0.3, -0.25) is 4.79 Å². The molecule has 0 saturated carbocycles. The zero-order valence-electron chi connectivity index (χ0n) is 10.8. The predicted octanol–water partition coefficient (Wildman–Crippen LogP) is 3.28. The molecule has 2 aromatic rings. The molecule has 0 radical (unpaired) electrons. The lowest BCUT2D eigenvalue weighted by molar-refractivity contribution is 0.102. The minimum Gasteiger partial charge on any atom is -0.397 e. The molecule has 0 heterocycles. The topological polar surface area (TPSA) is 55.1 Å². The molecule has 0 saturated heterocycles. The largest absolute Gasteiger partial charge is 0.397 e. The van der Waals surface area contributed by atoms with E-state index in [1.54, 1.807) is 12.1 Å². The highest BCUT2D eigenvalue weighted by atomic mass is 19.1. The van der Waals surface area contributed by atoms with Gasteiger partial charge in [0.05, 0.1) is 16.9 Å². The van der Waals surface area contributed by atoms with Gasteiger partial charge in [0.2, 0.25) is 0 Å². The number of aryl methyl sites for hydroxylation is 2. The quantitative estimate of drug-likeness (QED) is 0.812.